The minimum Gasteiger partial charge on any atom is -0.497 e. The largest absolute Gasteiger partial charge is 0.497 e. The maximum Gasteiger partial charge on any atom is 0.120 e. The van der Waals surface area contributed by atoms with Crippen LogP contribution in [0.3, 0.4) is 0 Å². The lowest BCUT2D eigenvalue weighted by Gasteiger charge is -2.00. The summed E-state index contributed by atoms with van der Waals surface area (Å²) in [6, 6.07) is 7.97. The monoisotopic (exact) mass is 315 g/mol. The lowest BCUT2D eigenvalue weighted by molar-refractivity contribution is 0.415. The fraction of sp³-hybridized carbons (Fsp3) is 0.100. The summed E-state index contributed by atoms with van der Waals surface area (Å²) >= 11 is 3.78. The van der Waals surface area contributed by atoms with Crippen molar-refractivity contribution in [2.45, 2.75) is 0 Å². The van der Waals surface area contributed by atoms with Crippen LogP contribution in [0.25, 0.3) is 10.1 Å². The Kier molecular flexibility index (Phi) is 2.61. The number of thiophene rings is 1. The summed E-state index contributed by atoms with van der Waals surface area (Å²) in [7, 11) is 1.65. The topological polar surface area (TPSA) is 33.0 Å². The fourth-order valence-electron chi connectivity index (χ4n) is 1.26. The van der Waals surface area contributed by atoms with Gasteiger partial charge in [0.25, 0.3) is 0 Å². The van der Waals surface area contributed by atoms with Crippen molar-refractivity contribution in [1.82, 2.24) is 0 Å². The molecule has 0 unspecified atom stereocenters. The molecule has 0 bridgehead atoms. The molecule has 1 heterocycles. The average Bonchev–Trinajstić information content (AvgIpc) is 2.61. The Morgan fingerprint density at radius 3 is 2.86 bits per heavy atom. The van der Waals surface area contributed by atoms with Crippen molar-refractivity contribution >= 4 is 44.0 Å². The van der Waals surface area contributed by atoms with E-state index in [1.807, 2.05) is 18.2 Å². The molecule has 2 rings (SSSR count). The molecule has 0 aliphatic carbocycles. The van der Waals surface area contributed by atoms with Crippen LogP contribution in [0.5, 0.6) is 5.75 Å². The van der Waals surface area contributed by atoms with E-state index in [1.165, 1.54) is 11.3 Å². The predicted octanol–water partition coefficient (Wildman–Crippen LogP) is 3.39. The van der Waals surface area contributed by atoms with Crippen molar-refractivity contribution in [1.29, 1.82) is 5.26 Å². The molecule has 0 aliphatic rings. The summed E-state index contributed by atoms with van der Waals surface area (Å²) < 4.78 is 7.45. The van der Waals surface area contributed by atoms with Crippen LogP contribution in [0.4, 0.5) is 0 Å². The van der Waals surface area contributed by atoms with Crippen molar-refractivity contribution in [3.8, 4) is 11.8 Å². The first-order valence-electron chi connectivity index (χ1n) is 3.92. The molecular formula is C10H6INOS. The van der Waals surface area contributed by atoms with Gasteiger partial charge in [-0.15, -0.1) is 11.3 Å². The summed E-state index contributed by atoms with van der Waals surface area (Å²) in [5.41, 5.74) is 0. The zero-order valence-corrected chi connectivity index (χ0v) is 10.3. The molecule has 0 radical (unpaired) electrons. The van der Waals surface area contributed by atoms with E-state index in [0.717, 1.165) is 24.3 Å². The number of nitrogens with zero attached hydrogens (tertiary/aromatic N) is 1. The Hall–Kier alpha value is -0.800. The van der Waals surface area contributed by atoms with Crippen molar-refractivity contribution in [3.63, 3.8) is 0 Å². The smallest absolute Gasteiger partial charge is 0.120 e. The molecule has 2 aromatic rings. The number of halogens is 1. The van der Waals surface area contributed by atoms with E-state index in [0.29, 0.717) is 0 Å². The van der Waals surface area contributed by atoms with E-state index in [-0.39, 0.29) is 0 Å². The second-order valence-corrected chi connectivity index (χ2v) is 4.96. The maximum absolute atomic E-state index is 8.78. The molecule has 1 aromatic carbocycles. The number of fused-ring (bicyclic) bond motifs is 1. The lowest BCUT2D eigenvalue weighted by Crippen LogP contribution is -1.82. The van der Waals surface area contributed by atoms with Crippen molar-refractivity contribution in [3.05, 3.63) is 26.6 Å². The van der Waals surface area contributed by atoms with Crippen LogP contribution in [0.2, 0.25) is 0 Å². The number of rotatable bonds is 1. The first-order valence-corrected chi connectivity index (χ1v) is 5.81. The first kappa shape index (κ1) is 9.74. The zero-order valence-electron chi connectivity index (χ0n) is 7.37. The Balaban J connectivity index is 2.75. The van der Waals surface area contributed by atoms with Crippen molar-refractivity contribution < 1.29 is 4.74 Å². The van der Waals surface area contributed by atoms with Gasteiger partial charge in [-0.3, -0.25) is 0 Å². The number of methoxy groups -OCH3 is 1. The summed E-state index contributed by atoms with van der Waals surface area (Å²) in [6.45, 7) is 0. The van der Waals surface area contributed by atoms with E-state index in [1.54, 1.807) is 7.11 Å². The Labute approximate surface area is 99.3 Å². The molecule has 0 aliphatic heterocycles. The summed E-state index contributed by atoms with van der Waals surface area (Å²) in [6.07, 6.45) is 0. The third-order valence-corrected chi connectivity index (χ3v) is 4.20. The SMILES string of the molecule is COc1cc(I)c2sc(C#N)cc2c1. The van der Waals surface area contributed by atoms with Gasteiger partial charge in [0.05, 0.1) is 7.11 Å². The number of benzene rings is 1. The van der Waals surface area contributed by atoms with Gasteiger partial charge < -0.3 is 4.74 Å². The predicted molar refractivity (Wildman–Crippen MR) is 65.8 cm³/mol. The van der Waals surface area contributed by atoms with Crippen LogP contribution in [-0.2, 0) is 0 Å². The van der Waals surface area contributed by atoms with Crippen LogP contribution in [-0.4, -0.2) is 7.11 Å². The highest BCUT2D eigenvalue weighted by atomic mass is 127. The third-order valence-electron chi connectivity index (χ3n) is 1.89. The highest BCUT2D eigenvalue weighted by Crippen LogP contribution is 2.32. The Bertz CT molecular complexity index is 527. The molecule has 1 aromatic heterocycles. The zero-order chi connectivity index (χ0) is 10.1. The molecular weight excluding hydrogens is 309 g/mol. The van der Waals surface area contributed by atoms with Gasteiger partial charge in [0, 0.05) is 8.27 Å². The lowest BCUT2D eigenvalue weighted by atomic mass is 10.2. The van der Waals surface area contributed by atoms with Gasteiger partial charge in [-0.2, -0.15) is 5.26 Å². The number of hydrogen-bond donors (Lipinski definition) is 0. The van der Waals surface area contributed by atoms with E-state index in [2.05, 4.69) is 28.7 Å². The molecule has 0 fully saturated rings. The maximum atomic E-state index is 8.78. The van der Waals surface area contributed by atoms with Crippen LogP contribution in [0.15, 0.2) is 18.2 Å². The van der Waals surface area contributed by atoms with Crippen molar-refractivity contribution in [2.75, 3.05) is 7.11 Å². The summed E-state index contributed by atoms with van der Waals surface area (Å²) in [5.74, 6) is 0.837. The standard InChI is InChI=1S/C10H6INOS/c1-13-7-2-6-3-8(5-12)14-10(6)9(11)4-7/h2-4H,1H3. The first-order chi connectivity index (χ1) is 6.74. The normalized spacial score (nSPS) is 10.1. The molecule has 0 N–H and O–H groups in total. The molecule has 4 heteroatoms. The highest BCUT2D eigenvalue weighted by Gasteiger charge is 2.06. The number of ether oxygens (including phenoxy) is 1. The molecule has 0 saturated carbocycles. The number of nitriles is 1. The highest BCUT2D eigenvalue weighted by molar-refractivity contribution is 14.1. The minimum absolute atomic E-state index is 0.742. The molecule has 0 spiro atoms. The third kappa shape index (κ3) is 1.57. The molecule has 14 heavy (non-hydrogen) atoms. The summed E-state index contributed by atoms with van der Waals surface area (Å²) in [4.78, 5) is 0.742. The van der Waals surface area contributed by atoms with E-state index >= 15 is 0 Å². The Morgan fingerprint density at radius 2 is 2.21 bits per heavy atom. The van der Waals surface area contributed by atoms with Gasteiger partial charge in [-0.1, -0.05) is 0 Å². The second kappa shape index (κ2) is 3.75. The van der Waals surface area contributed by atoms with Crippen LogP contribution in [0.1, 0.15) is 4.88 Å². The fourth-order valence-corrected chi connectivity index (χ4v) is 3.05. The molecule has 0 atom stereocenters. The average molecular weight is 315 g/mol. The van der Waals surface area contributed by atoms with Crippen LogP contribution < -0.4 is 4.74 Å². The van der Waals surface area contributed by atoms with Crippen LogP contribution in [0, 0.1) is 14.9 Å². The van der Waals surface area contributed by atoms with E-state index in [9.17, 15) is 0 Å². The van der Waals surface area contributed by atoms with Gasteiger partial charge in [0.15, 0.2) is 0 Å². The molecule has 70 valence electrons. The van der Waals surface area contributed by atoms with E-state index in [4.69, 9.17) is 10.00 Å². The van der Waals surface area contributed by atoms with E-state index < -0.39 is 0 Å². The number of hydrogen-bond acceptors (Lipinski definition) is 3. The van der Waals surface area contributed by atoms with Gasteiger partial charge in [0.1, 0.15) is 16.7 Å². The van der Waals surface area contributed by atoms with Gasteiger partial charge in [0.2, 0.25) is 0 Å². The Morgan fingerprint density at radius 1 is 1.43 bits per heavy atom. The van der Waals surface area contributed by atoms with Crippen LogP contribution >= 0.6 is 33.9 Å². The molecule has 0 saturated heterocycles. The minimum atomic E-state index is 0.742. The van der Waals surface area contributed by atoms with Crippen molar-refractivity contribution in [2.24, 2.45) is 0 Å². The molecule has 2 nitrogen and oxygen atoms in total. The summed E-state index contributed by atoms with van der Waals surface area (Å²) in [5, 5.41) is 9.86. The van der Waals surface area contributed by atoms with Gasteiger partial charge in [-0.25, -0.2) is 0 Å². The molecule has 0 amide bonds. The van der Waals surface area contributed by atoms with Gasteiger partial charge >= 0.3 is 0 Å². The quantitative estimate of drug-likeness (QED) is 0.756. The van der Waals surface area contributed by atoms with Gasteiger partial charge in [-0.05, 0) is 46.2 Å². The second-order valence-electron chi connectivity index (χ2n) is 2.75.